The summed E-state index contributed by atoms with van der Waals surface area (Å²) in [6.45, 7) is 2.74. The van der Waals surface area contributed by atoms with E-state index in [1.165, 1.54) is 10.4 Å². The lowest BCUT2D eigenvalue weighted by Crippen LogP contribution is -2.32. The molecule has 1 aliphatic heterocycles. The highest BCUT2D eigenvalue weighted by atomic mass is 35.5. The number of rotatable bonds is 4. The van der Waals surface area contributed by atoms with Crippen LogP contribution in [0.1, 0.15) is 22.2 Å². The van der Waals surface area contributed by atoms with Crippen LogP contribution in [0.5, 0.6) is 0 Å². The lowest BCUT2D eigenvalue weighted by atomic mass is 10.2. The van der Waals surface area contributed by atoms with E-state index in [0.29, 0.717) is 0 Å². The molecule has 2 N–H and O–H groups in total. The van der Waals surface area contributed by atoms with E-state index in [-0.39, 0.29) is 11.7 Å². The predicted octanol–water partition coefficient (Wildman–Crippen LogP) is 2.99. The van der Waals surface area contributed by atoms with Crippen molar-refractivity contribution in [3.8, 4) is 0 Å². The number of aliphatic imine (C=N–C) groups is 1. The number of fused-ring (bicyclic) bond motifs is 1. The van der Waals surface area contributed by atoms with Gasteiger partial charge in [-0.1, -0.05) is 11.6 Å². The molecule has 110 valence electrons. The highest BCUT2D eigenvalue weighted by molar-refractivity contribution is 7.14. The second kappa shape index (κ2) is 6.13. The molecule has 0 radical (unpaired) electrons. The maximum atomic E-state index is 6.37. The molecule has 0 saturated heterocycles. The molecular weight excluding hydrogens is 304 g/mol. The predicted molar refractivity (Wildman–Crippen MR) is 89.3 cm³/mol. The molecule has 21 heavy (non-hydrogen) atoms. The zero-order valence-corrected chi connectivity index (χ0v) is 13.3. The van der Waals surface area contributed by atoms with Gasteiger partial charge in [0, 0.05) is 36.1 Å². The monoisotopic (exact) mass is 320 g/mol. The number of thiophene rings is 1. The summed E-state index contributed by atoms with van der Waals surface area (Å²) in [6, 6.07) is 6.33. The average molecular weight is 321 g/mol. The molecule has 0 aromatic carbocycles. The molecule has 0 saturated carbocycles. The standard InChI is InChI=1S/C15H17ClN4S/c1-10(17)6-12-7-13-14(21-12)8-19-15(16)20(13)9-11-2-4-18-5-3-11/h2-5,7-8,10,15H,6,9,17H2,1H3/t10-,15?/m0/s1. The van der Waals surface area contributed by atoms with Crippen molar-refractivity contribution < 1.29 is 0 Å². The number of hydrogen-bond acceptors (Lipinski definition) is 5. The van der Waals surface area contributed by atoms with E-state index in [0.717, 1.165) is 23.5 Å². The number of halogens is 1. The van der Waals surface area contributed by atoms with E-state index in [1.54, 1.807) is 23.7 Å². The van der Waals surface area contributed by atoms with Gasteiger partial charge in [0.05, 0.1) is 10.6 Å². The second-order valence-corrected chi connectivity index (χ2v) is 6.77. The minimum absolute atomic E-state index is 0.155. The zero-order chi connectivity index (χ0) is 14.8. The largest absolute Gasteiger partial charge is 0.332 e. The summed E-state index contributed by atoms with van der Waals surface area (Å²) >= 11 is 8.11. The van der Waals surface area contributed by atoms with Crippen LogP contribution in [0.15, 0.2) is 35.6 Å². The van der Waals surface area contributed by atoms with Crippen LogP contribution in [-0.2, 0) is 13.0 Å². The van der Waals surface area contributed by atoms with Gasteiger partial charge in [0.1, 0.15) is 0 Å². The molecule has 2 aromatic rings. The van der Waals surface area contributed by atoms with E-state index in [2.05, 4.69) is 20.9 Å². The first-order valence-electron chi connectivity index (χ1n) is 6.84. The van der Waals surface area contributed by atoms with Crippen molar-refractivity contribution in [2.45, 2.75) is 31.6 Å². The quantitative estimate of drug-likeness (QED) is 0.696. The molecule has 0 bridgehead atoms. The molecule has 6 heteroatoms. The summed E-state index contributed by atoms with van der Waals surface area (Å²) in [5, 5.41) is 0. The van der Waals surface area contributed by atoms with Crippen LogP contribution in [0.25, 0.3) is 0 Å². The molecule has 3 rings (SSSR count). The minimum Gasteiger partial charge on any atom is -0.332 e. The Balaban J connectivity index is 1.88. The summed E-state index contributed by atoms with van der Waals surface area (Å²) in [5.74, 6) is 0. The topological polar surface area (TPSA) is 54.5 Å². The summed E-state index contributed by atoms with van der Waals surface area (Å²) in [5.41, 5.74) is 7.83. The number of pyridine rings is 1. The van der Waals surface area contributed by atoms with Crippen LogP contribution in [0, 0.1) is 0 Å². The molecular formula is C15H17ClN4S. The summed E-state index contributed by atoms with van der Waals surface area (Å²) in [7, 11) is 0. The van der Waals surface area contributed by atoms with Gasteiger partial charge in [-0.2, -0.15) is 0 Å². The molecule has 2 aromatic heterocycles. The molecule has 0 amide bonds. The summed E-state index contributed by atoms with van der Waals surface area (Å²) in [4.78, 5) is 12.9. The van der Waals surface area contributed by atoms with Crippen molar-refractivity contribution in [3.63, 3.8) is 0 Å². The van der Waals surface area contributed by atoms with Crippen molar-refractivity contribution in [2.75, 3.05) is 4.90 Å². The van der Waals surface area contributed by atoms with E-state index in [4.69, 9.17) is 17.3 Å². The first-order chi connectivity index (χ1) is 10.1. The van der Waals surface area contributed by atoms with Gasteiger partial charge in [-0.3, -0.25) is 9.98 Å². The highest BCUT2D eigenvalue weighted by Crippen LogP contribution is 2.35. The fourth-order valence-corrected chi connectivity index (χ4v) is 3.78. The van der Waals surface area contributed by atoms with Crippen LogP contribution < -0.4 is 10.6 Å². The lowest BCUT2D eigenvalue weighted by Gasteiger charge is -2.29. The average Bonchev–Trinajstić information content (AvgIpc) is 2.85. The Morgan fingerprint density at radius 3 is 2.90 bits per heavy atom. The number of nitrogens with two attached hydrogens (primary N) is 1. The fourth-order valence-electron chi connectivity index (χ4n) is 2.35. The zero-order valence-electron chi connectivity index (χ0n) is 11.7. The number of anilines is 1. The number of hydrogen-bond donors (Lipinski definition) is 1. The molecule has 0 fully saturated rings. The Hall–Kier alpha value is -1.43. The normalized spacial score (nSPS) is 18.6. The SMILES string of the molecule is C[C@H](N)Cc1cc2c(s1)C=NC(Cl)N2Cc1ccncc1. The van der Waals surface area contributed by atoms with Crippen molar-refractivity contribution in [1.82, 2.24) is 4.98 Å². The van der Waals surface area contributed by atoms with E-state index >= 15 is 0 Å². The molecule has 0 aliphatic carbocycles. The van der Waals surface area contributed by atoms with Gasteiger partial charge in [0.2, 0.25) is 0 Å². The maximum absolute atomic E-state index is 6.37. The van der Waals surface area contributed by atoms with Gasteiger partial charge in [0.15, 0.2) is 5.62 Å². The third kappa shape index (κ3) is 3.26. The van der Waals surface area contributed by atoms with Crippen molar-refractivity contribution in [1.29, 1.82) is 0 Å². The fraction of sp³-hybridized carbons (Fsp3) is 0.333. The van der Waals surface area contributed by atoms with Crippen molar-refractivity contribution >= 4 is 34.8 Å². The third-order valence-corrected chi connectivity index (χ3v) is 4.73. The van der Waals surface area contributed by atoms with Gasteiger partial charge in [-0.25, -0.2) is 0 Å². The second-order valence-electron chi connectivity index (χ2n) is 5.22. The lowest BCUT2D eigenvalue weighted by molar-refractivity contribution is 0.742. The number of nitrogens with zero attached hydrogens (tertiary/aromatic N) is 3. The van der Waals surface area contributed by atoms with Gasteiger partial charge in [-0.15, -0.1) is 11.3 Å². The van der Waals surface area contributed by atoms with E-state index < -0.39 is 0 Å². The van der Waals surface area contributed by atoms with Gasteiger partial charge in [0.25, 0.3) is 0 Å². The first kappa shape index (κ1) is 14.5. The van der Waals surface area contributed by atoms with Crippen LogP contribution in [0.3, 0.4) is 0 Å². The Labute approximate surface area is 133 Å². The van der Waals surface area contributed by atoms with Gasteiger partial charge >= 0.3 is 0 Å². The molecule has 2 atom stereocenters. The van der Waals surface area contributed by atoms with Gasteiger partial charge in [-0.05, 0) is 37.1 Å². The Morgan fingerprint density at radius 1 is 1.43 bits per heavy atom. The Kier molecular flexibility index (Phi) is 4.24. The van der Waals surface area contributed by atoms with Crippen molar-refractivity contribution in [2.24, 2.45) is 10.7 Å². The number of alkyl halides is 1. The first-order valence-corrected chi connectivity index (χ1v) is 8.10. The Morgan fingerprint density at radius 2 is 2.19 bits per heavy atom. The molecule has 1 aliphatic rings. The van der Waals surface area contributed by atoms with Gasteiger partial charge < -0.3 is 10.6 Å². The molecule has 4 nitrogen and oxygen atoms in total. The van der Waals surface area contributed by atoms with Crippen molar-refractivity contribution in [3.05, 3.63) is 45.9 Å². The maximum Gasteiger partial charge on any atom is 0.198 e. The van der Waals surface area contributed by atoms with Crippen LogP contribution in [0.4, 0.5) is 5.69 Å². The van der Waals surface area contributed by atoms with Crippen LogP contribution in [-0.4, -0.2) is 22.9 Å². The Bertz CT molecular complexity index is 638. The molecule has 3 heterocycles. The highest BCUT2D eigenvalue weighted by Gasteiger charge is 2.24. The van der Waals surface area contributed by atoms with Crippen LogP contribution in [0.2, 0.25) is 0 Å². The number of aromatic nitrogens is 1. The summed E-state index contributed by atoms with van der Waals surface area (Å²) < 4.78 is 0. The van der Waals surface area contributed by atoms with E-state index in [9.17, 15) is 0 Å². The van der Waals surface area contributed by atoms with E-state index in [1.807, 2.05) is 25.3 Å². The van der Waals surface area contributed by atoms with Crippen LogP contribution >= 0.6 is 22.9 Å². The molecule has 1 unspecified atom stereocenters. The summed E-state index contributed by atoms with van der Waals surface area (Å²) in [6.07, 6.45) is 6.33. The third-order valence-electron chi connectivity index (χ3n) is 3.30. The minimum atomic E-state index is -0.372. The smallest absolute Gasteiger partial charge is 0.198 e. The molecule has 0 spiro atoms.